The fraction of sp³-hybridized carbons (Fsp3) is 0.417. The average molecular weight is 290 g/mol. The van der Waals surface area contributed by atoms with Crippen LogP contribution in [0.4, 0.5) is 18.9 Å². The molecule has 0 heterocycles. The molecule has 0 aliphatic heterocycles. The predicted molar refractivity (Wildman–Crippen MR) is 70.1 cm³/mol. The lowest BCUT2D eigenvalue weighted by molar-refractivity contribution is -0.137. The highest BCUT2D eigenvalue weighted by Crippen LogP contribution is 2.31. The standard InChI is InChI=1S/C12H17F3N4O/c1-19(2)6-5-17-11(20)9-7-8(12(13,14)15)3-4-10(9)18-16/h3-4,7,18H,5-6,16H2,1-2H3,(H,17,20). The van der Waals surface area contributed by atoms with Gasteiger partial charge in [-0.15, -0.1) is 0 Å². The van der Waals surface area contributed by atoms with Gasteiger partial charge in [0, 0.05) is 13.1 Å². The number of amides is 1. The number of nitrogens with zero attached hydrogens (tertiary/aromatic N) is 1. The minimum Gasteiger partial charge on any atom is -0.351 e. The van der Waals surface area contributed by atoms with Gasteiger partial charge in [0.05, 0.1) is 16.8 Å². The van der Waals surface area contributed by atoms with Crippen molar-refractivity contribution >= 4 is 11.6 Å². The molecule has 1 aromatic carbocycles. The lowest BCUT2D eigenvalue weighted by atomic mass is 10.1. The fourth-order valence-corrected chi connectivity index (χ4v) is 1.52. The van der Waals surface area contributed by atoms with E-state index in [4.69, 9.17) is 5.84 Å². The van der Waals surface area contributed by atoms with E-state index in [1.807, 2.05) is 19.0 Å². The third-order valence-corrected chi connectivity index (χ3v) is 2.59. The number of benzene rings is 1. The number of nitrogen functional groups attached to an aromatic ring is 1. The van der Waals surface area contributed by atoms with Gasteiger partial charge in [0.1, 0.15) is 0 Å². The highest BCUT2D eigenvalue weighted by molar-refractivity contribution is 5.99. The second-order valence-corrected chi connectivity index (χ2v) is 4.46. The molecule has 0 saturated carbocycles. The summed E-state index contributed by atoms with van der Waals surface area (Å²) < 4.78 is 37.9. The van der Waals surface area contributed by atoms with Crippen molar-refractivity contribution in [1.29, 1.82) is 0 Å². The van der Waals surface area contributed by atoms with Crippen LogP contribution in [0.5, 0.6) is 0 Å². The Kier molecular flexibility index (Phi) is 5.34. The highest BCUT2D eigenvalue weighted by Gasteiger charge is 2.31. The quantitative estimate of drug-likeness (QED) is 0.564. The van der Waals surface area contributed by atoms with Crippen molar-refractivity contribution in [3.63, 3.8) is 0 Å². The van der Waals surface area contributed by atoms with Gasteiger partial charge in [0.2, 0.25) is 0 Å². The number of rotatable bonds is 5. The van der Waals surface area contributed by atoms with E-state index in [0.29, 0.717) is 13.1 Å². The van der Waals surface area contributed by atoms with Gasteiger partial charge in [-0.25, -0.2) is 0 Å². The number of likely N-dealkylation sites (N-methyl/N-ethyl adjacent to an activating group) is 1. The van der Waals surface area contributed by atoms with Crippen LogP contribution in [0.3, 0.4) is 0 Å². The minimum atomic E-state index is -4.51. The summed E-state index contributed by atoms with van der Waals surface area (Å²) in [4.78, 5) is 13.7. The smallest absolute Gasteiger partial charge is 0.351 e. The first-order valence-corrected chi connectivity index (χ1v) is 5.86. The van der Waals surface area contributed by atoms with Crippen molar-refractivity contribution in [3.05, 3.63) is 29.3 Å². The number of alkyl halides is 3. The Morgan fingerprint density at radius 1 is 1.35 bits per heavy atom. The number of hydrogen-bond donors (Lipinski definition) is 3. The number of halogens is 3. The molecule has 0 bridgehead atoms. The Balaban J connectivity index is 2.93. The predicted octanol–water partition coefficient (Wildman–Crippen LogP) is 1.28. The molecule has 0 aliphatic carbocycles. The third kappa shape index (κ3) is 4.39. The first-order valence-electron chi connectivity index (χ1n) is 5.86. The Hall–Kier alpha value is -1.80. The number of anilines is 1. The van der Waals surface area contributed by atoms with E-state index in [1.165, 1.54) is 0 Å². The molecule has 1 aromatic rings. The number of nitrogens with two attached hydrogens (primary N) is 1. The van der Waals surface area contributed by atoms with Crippen molar-refractivity contribution < 1.29 is 18.0 Å². The molecule has 1 amide bonds. The van der Waals surface area contributed by atoms with Crippen LogP contribution in [-0.2, 0) is 6.18 Å². The van der Waals surface area contributed by atoms with Crippen LogP contribution in [0.15, 0.2) is 18.2 Å². The second kappa shape index (κ2) is 6.58. The molecule has 0 atom stereocenters. The Morgan fingerprint density at radius 2 is 2.00 bits per heavy atom. The van der Waals surface area contributed by atoms with Crippen LogP contribution in [-0.4, -0.2) is 38.0 Å². The molecule has 0 aromatic heterocycles. The monoisotopic (exact) mass is 290 g/mol. The molecule has 0 radical (unpaired) electrons. The normalized spacial score (nSPS) is 11.6. The SMILES string of the molecule is CN(C)CCNC(=O)c1cc(C(F)(F)F)ccc1NN. The van der Waals surface area contributed by atoms with Crippen molar-refractivity contribution in [2.24, 2.45) is 5.84 Å². The van der Waals surface area contributed by atoms with E-state index in [-0.39, 0.29) is 11.3 Å². The van der Waals surface area contributed by atoms with Crippen LogP contribution in [0.25, 0.3) is 0 Å². The van der Waals surface area contributed by atoms with Gasteiger partial charge in [-0.2, -0.15) is 13.2 Å². The van der Waals surface area contributed by atoms with Gasteiger partial charge in [0.15, 0.2) is 0 Å². The number of carbonyl (C=O) groups excluding carboxylic acids is 1. The minimum absolute atomic E-state index is 0.138. The number of nitrogens with one attached hydrogen (secondary N) is 2. The maximum Gasteiger partial charge on any atom is 0.416 e. The lowest BCUT2D eigenvalue weighted by Gasteiger charge is -2.14. The van der Waals surface area contributed by atoms with Crippen LogP contribution in [0, 0.1) is 0 Å². The molecular weight excluding hydrogens is 273 g/mol. The molecule has 0 aliphatic rings. The fourth-order valence-electron chi connectivity index (χ4n) is 1.52. The maximum atomic E-state index is 12.6. The maximum absolute atomic E-state index is 12.6. The van der Waals surface area contributed by atoms with E-state index in [0.717, 1.165) is 18.2 Å². The second-order valence-electron chi connectivity index (χ2n) is 4.46. The Bertz CT molecular complexity index is 474. The van der Waals surface area contributed by atoms with Crippen molar-refractivity contribution in [1.82, 2.24) is 10.2 Å². The molecule has 5 nitrogen and oxygen atoms in total. The van der Waals surface area contributed by atoms with Gasteiger partial charge >= 0.3 is 6.18 Å². The topological polar surface area (TPSA) is 70.4 Å². The lowest BCUT2D eigenvalue weighted by Crippen LogP contribution is -2.32. The van der Waals surface area contributed by atoms with E-state index in [2.05, 4.69) is 10.7 Å². The van der Waals surface area contributed by atoms with Crippen LogP contribution in [0.2, 0.25) is 0 Å². The summed E-state index contributed by atoms with van der Waals surface area (Å²) in [6.07, 6.45) is -4.51. The number of carbonyl (C=O) groups is 1. The van der Waals surface area contributed by atoms with Crippen molar-refractivity contribution in [2.75, 3.05) is 32.6 Å². The van der Waals surface area contributed by atoms with Crippen LogP contribution < -0.4 is 16.6 Å². The highest BCUT2D eigenvalue weighted by atomic mass is 19.4. The number of hydrazine groups is 1. The molecule has 4 N–H and O–H groups in total. The van der Waals surface area contributed by atoms with Crippen molar-refractivity contribution in [2.45, 2.75) is 6.18 Å². The summed E-state index contributed by atoms with van der Waals surface area (Å²) in [5.74, 6) is 4.60. The summed E-state index contributed by atoms with van der Waals surface area (Å²) in [5, 5.41) is 2.54. The van der Waals surface area contributed by atoms with E-state index < -0.39 is 17.6 Å². The van der Waals surface area contributed by atoms with E-state index >= 15 is 0 Å². The molecule has 8 heteroatoms. The van der Waals surface area contributed by atoms with Gasteiger partial charge < -0.3 is 15.6 Å². The first kappa shape index (κ1) is 16.3. The summed E-state index contributed by atoms with van der Waals surface area (Å²) in [7, 11) is 3.65. The first-order chi connectivity index (χ1) is 9.25. The zero-order valence-electron chi connectivity index (χ0n) is 11.2. The van der Waals surface area contributed by atoms with Gasteiger partial charge in [-0.1, -0.05) is 0 Å². The summed E-state index contributed by atoms with van der Waals surface area (Å²) in [6, 6.07) is 2.77. The van der Waals surface area contributed by atoms with Crippen LogP contribution >= 0.6 is 0 Å². The molecular formula is C12H17F3N4O. The molecule has 0 saturated heterocycles. The largest absolute Gasteiger partial charge is 0.416 e. The number of hydrogen-bond acceptors (Lipinski definition) is 4. The molecule has 0 fully saturated rings. The van der Waals surface area contributed by atoms with Crippen molar-refractivity contribution in [3.8, 4) is 0 Å². The summed E-state index contributed by atoms with van der Waals surface area (Å²) in [5.41, 5.74) is 1.32. The summed E-state index contributed by atoms with van der Waals surface area (Å²) >= 11 is 0. The van der Waals surface area contributed by atoms with Gasteiger partial charge in [0.25, 0.3) is 5.91 Å². The van der Waals surface area contributed by atoms with E-state index in [9.17, 15) is 18.0 Å². The van der Waals surface area contributed by atoms with Crippen LogP contribution in [0.1, 0.15) is 15.9 Å². The van der Waals surface area contributed by atoms with Gasteiger partial charge in [-0.05, 0) is 32.3 Å². The Morgan fingerprint density at radius 3 is 2.50 bits per heavy atom. The third-order valence-electron chi connectivity index (χ3n) is 2.59. The zero-order valence-corrected chi connectivity index (χ0v) is 11.2. The van der Waals surface area contributed by atoms with E-state index in [1.54, 1.807) is 0 Å². The molecule has 0 spiro atoms. The van der Waals surface area contributed by atoms with Gasteiger partial charge in [-0.3, -0.25) is 10.6 Å². The Labute approximate surface area is 114 Å². The molecule has 0 unspecified atom stereocenters. The average Bonchev–Trinajstić information content (AvgIpc) is 2.36. The molecule has 20 heavy (non-hydrogen) atoms. The zero-order chi connectivity index (χ0) is 15.3. The molecule has 1 rings (SSSR count). The summed E-state index contributed by atoms with van der Waals surface area (Å²) in [6.45, 7) is 0.905. The molecule has 112 valence electrons.